The minimum absolute atomic E-state index is 0.0351. The van der Waals surface area contributed by atoms with Crippen LogP contribution >= 0.6 is 0 Å². The summed E-state index contributed by atoms with van der Waals surface area (Å²) >= 11 is 0. The van der Waals surface area contributed by atoms with Crippen molar-refractivity contribution in [3.05, 3.63) is 229 Å². The molecule has 0 amide bonds. The molecule has 1 aliphatic rings. The molecule has 0 radical (unpaired) electrons. The number of imidazole rings is 1. The molecule has 13 aromatic rings. The number of hydrogen-bond donors (Lipinski definition) is 0. The summed E-state index contributed by atoms with van der Waals surface area (Å²) in [5.41, 5.74) is 20.0. The van der Waals surface area contributed by atoms with Crippen LogP contribution < -0.4 is 9.30 Å². The molecule has 1 aliphatic heterocycles. The van der Waals surface area contributed by atoms with Crippen LogP contribution in [-0.4, -0.2) is 18.7 Å². The van der Waals surface area contributed by atoms with Gasteiger partial charge in [-0.2, -0.15) is 0 Å². The Morgan fingerprint density at radius 1 is 0.397 bits per heavy atom. The summed E-state index contributed by atoms with van der Waals surface area (Å²) in [6.45, 7) is 20.7. The fourth-order valence-electron chi connectivity index (χ4n) is 12.1. The minimum Gasteiger partial charge on any atom is -0.458 e. The second kappa shape index (κ2) is 17.3. The van der Waals surface area contributed by atoms with Crippen LogP contribution in [-0.2, 0) is 16.2 Å². The quantitative estimate of drug-likeness (QED) is 0.127. The average molecular weight is 1010 g/mol. The molecule has 9 aromatic carbocycles. The van der Waals surface area contributed by atoms with Crippen molar-refractivity contribution < 1.29 is 9.30 Å². The molecule has 14 rings (SSSR count). The van der Waals surface area contributed by atoms with Crippen LogP contribution in [0, 0.1) is 6.33 Å². The number of ether oxygens (including phenoxy) is 1. The van der Waals surface area contributed by atoms with Crippen LogP contribution in [0.25, 0.3) is 111 Å². The van der Waals surface area contributed by atoms with Crippen LogP contribution in [0.1, 0.15) is 79.0 Å². The summed E-state index contributed by atoms with van der Waals surface area (Å²) < 4.78 is 16.4. The smallest absolute Gasteiger partial charge is 0.269 e. The first-order valence-electron chi connectivity index (χ1n) is 27.3. The largest absolute Gasteiger partial charge is 0.458 e. The Balaban J connectivity index is 1.04. The molecular weight excluding hydrogens is 951 g/mol. The molecule has 380 valence electrons. The number of aromatic nitrogens is 5. The molecule has 0 fully saturated rings. The molecule has 0 saturated carbocycles. The van der Waals surface area contributed by atoms with Gasteiger partial charge in [-0.05, 0) is 139 Å². The van der Waals surface area contributed by atoms with Crippen LogP contribution in [0.4, 0.5) is 0 Å². The maximum absolute atomic E-state index is 6.99. The standard InChI is InChI=1S/C72H61N5O/c1-70(2,3)45-35-36-73-67(41-45)77-63-32-19-16-29-57(63)58-34-33-50(43-64(58)77)78-49-22-20-21-48(42-49)74-44-75-68-59(37-46(39-65(68)74)71(4,5)6)53-25-12-10-23-51(53)52-24-11-13-26-54(52)60-38-47(72(7,8)9)40-66(69(60)75)76-61-30-17-14-27-55(61)56-28-15-18-31-62(56)76/h10-43H,1-9H3. The third-order valence-electron chi connectivity index (χ3n) is 16.1. The van der Waals surface area contributed by atoms with E-state index in [9.17, 15) is 0 Å². The van der Waals surface area contributed by atoms with Gasteiger partial charge >= 0.3 is 0 Å². The van der Waals surface area contributed by atoms with Gasteiger partial charge in [0, 0.05) is 33.8 Å². The van der Waals surface area contributed by atoms with E-state index in [0.29, 0.717) is 0 Å². The van der Waals surface area contributed by atoms with Gasteiger partial charge in [0.15, 0.2) is 0 Å². The first kappa shape index (κ1) is 47.5. The van der Waals surface area contributed by atoms with Gasteiger partial charge in [0.1, 0.15) is 17.3 Å². The van der Waals surface area contributed by atoms with Crippen LogP contribution in [0.15, 0.2) is 206 Å². The Morgan fingerprint density at radius 2 is 0.910 bits per heavy atom. The van der Waals surface area contributed by atoms with E-state index in [4.69, 9.17) is 9.72 Å². The maximum atomic E-state index is 6.99. The highest BCUT2D eigenvalue weighted by atomic mass is 16.5. The third kappa shape index (κ3) is 7.52. The number of benzene rings is 9. The summed E-state index contributed by atoms with van der Waals surface area (Å²) in [4.78, 5) is 4.95. The number of rotatable bonds is 5. The fourth-order valence-corrected chi connectivity index (χ4v) is 12.1. The highest BCUT2D eigenvalue weighted by Crippen LogP contribution is 2.48. The second-order valence-corrected chi connectivity index (χ2v) is 24.3. The lowest BCUT2D eigenvalue weighted by atomic mass is 9.82. The summed E-state index contributed by atoms with van der Waals surface area (Å²) in [5.74, 6) is 2.34. The zero-order chi connectivity index (χ0) is 53.4. The Hall–Kier alpha value is -9.00. The summed E-state index contributed by atoms with van der Waals surface area (Å²) in [7, 11) is 0. The lowest BCUT2D eigenvalue weighted by Gasteiger charge is -2.26. The van der Waals surface area contributed by atoms with Gasteiger partial charge in [-0.25, -0.2) is 4.98 Å². The lowest BCUT2D eigenvalue weighted by molar-refractivity contribution is -0.571. The lowest BCUT2D eigenvalue weighted by Crippen LogP contribution is -2.33. The number of fused-ring (bicyclic) bond motifs is 13. The normalized spacial score (nSPS) is 12.7. The van der Waals surface area contributed by atoms with Gasteiger partial charge < -0.3 is 9.30 Å². The van der Waals surface area contributed by atoms with Crippen molar-refractivity contribution in [2.75, 3.05) is 0 Å². The SMILES string of the molecule is CC(C)(C)c1ccnc(-n2c3ccccc3c3ccc(Oc4cccc(-n5[c-][n+]6c7c(cc(C(C)(C)C)cc75)-c5ccccc5-c5ccccc5-c5cc(C(C)(C)C)cc(-n7c8ccccc8c8ccccc87)c5-6)c4)cc32)c1. The molecule has 0 aliphatic carbocycles. The molecule has 0 unspecified atom stereocenters. The topological polar surface area (TPSA) is 40.8 Å². The van der Waals surface area contributed by atoms with E-state index < -0.39 is 0 Å². The van der Waals surface area contributed by atoms with Crippen molar-refractivity contribution in [2.45, 2.75) is 78.6 Å². The summed E-state index contributed by atoms with van der Waals surface area (Å²) in [6, 6.07) is 73.3. The van der Waals surface area contributed by atoms with E-state index >= 15 is 0 Å². The molecule has 0 atom stereocenters. The van der Waals surface area contributed by atoms with Gasteiger partial charge in [0.2, 0.25) is 0 Å². The fraction of sp³-hybridized carbons (Fsp3) is 0.167. The Kier molecular flexibility index (Phi) is 10.5. The summed E-state index contributed by atoms with van der Waals surface area (Å²) in [6.07, 6.45) is 6.05. The van der Waals surface area contributed by atoms with Crippen molar-refractivity contribution >= 4 is 54.6 Å². The van der Waals surface area contributed by atoms with Crippen molar-refractivity contribution in [3.8, 4) is 67.8 Å². The molecule has 78 heavy (non-hydrogen) atoms. The predicted molar refractivity (Wildman–Crippen MR) is 323 cm³/mol. The average Bonchev–Trinajstić information content (AvgIpc) is 4.31. The molecule has 0 spiro atoms. The molecule has 0 saturated heterocycles. The zero-order valence-corrected chi connectivity index (χ0v) is 45.8. The Morgan fingerprint density at radius 3 is 1.53 bits per heavy atom. The van der Waals surface area contributed by atoms with E-state index in [0.717, 1.165) is 84.0 Å². The molecule has 0 bridgehead atoms. The highest BCUT2D eigenvalue weighted by molar-refractivity contribution is 6.11. The molecule has 6 heteroatoms. The highest BCUT2D eigenvalue weighted by Gasteiger charge is 2.31. The molecular formula is C72H61N5O. The Bertz CT molecular complexity index is 4540. The molecule has 4 aromatic heterocycles. The van der Waals surface area contributed by atoms with Crippen LogP contribution in [0.3, 0.4) is 0 Å². The van der Waals surface area contributed by atoms with E-state index in [2.05, 4.69) is 287 Å². The van der Waals surface area contributed by atoms with Crippen LogP contribution in [0.2, 0.25) is 0 Å². The zero-order valence-electron chi connectivity index (χ0n) is 45.8. The van der Waals surface area contributed by atoms with Gasteiger partial charge in [-0.1, -0.05) is 184 Å². The van der Waals surface area contributed by atoms with Gasteiger partial charge in [-0.15, -0.1) is 0 Å². The summed E-state index contributed by atoms with van der Waals surface area (Å²) in [5, 5.41) is 4.75. The maximum Gasteiger partial charge on any atom is 0.269 e. The number of para-hydroxylation sites is 3. The monoisotopic (exact) mass is 1010 g/mol. The molecule has 5 heterocycles. The third-order valence-corrected chi connectivity index (χ3v) is 16.1. The Labute approximate surface area is 456 Å². The number of pyridine rings is 1. The predicted octanol–water partition coefficient (Wildman–Crippen LogP) is 18.3. The van der Waals surface area contributed by atoms with Crippen molar-refractivity contribution in [1.29, 1.82) is 0 Å². The van der Waals surface area contributed by atoms with Crippen LogP contribution in [0.5, 0.6) is 11.5 Å². The molecule has 0 N–H and O–H groups in total. The van der Waals surface area contributed by atoms with Gasteiger partial charge in [-0.3, -0.25) is 13.7 Å². The van der Waals surface area contributed by atoms with E-state index in [1.54, 1.807) is 0 Å². The number of nitrogens with zero attached hydrogens (tertiary/aromatic N) is 5. The van der Waals surface area contributed by atoms with E-state index in [-0.39, 0.29) is 16.2 Å². The van der Waals surface area contributed by atoms with E-state index in [1.807, 2.05) is 6.20 Å². The first-order valence-corrected chi connectivity index (χ1v) is 27.3. The van der Waals surface area contributed by atoms with Gasteiger partial charge in [0.25, 0.3) is 6.33 Å². The molecule has 6 nitrogen and oxygen atoms in total. The second-order valence-electron chi connectivity index (χ2n) is 24.3. The van der Waals surface area contributed by atoms with E-state index in [1.165, 1.54) is 55.1 Å². The van der Waals surface area contributed by atoms with Crippen molar-refractivity contribution in [3.63, 3.8) is 0 Å². The van der Waals surface area contributed by atoms with Crippen molar-refractivity contribution in [1.82, 2.24) is 18.7 Å². The van der Waals surface area contributed by atoms with Crippen molar-refractivity contribution in [2.24, 2.45) is 0 Å². The number of hydrogen-bond acceptors (Lipinski definition) is 2. The first-order chi connectivity index (χ1) is 37.6. The van der Waals surface area contributed by atoms with Gasteiger partial charge in [0.05, 0.1) is 50.2 Å². The minimum atomic E-state index is -0.182.